The number of piperazine rings is 1. The molecular formula is C18H21N3O4S. The highest BCUT2D eigenvalue weighted by Gasteiger charge is 2.30. The van der Waals surface area contributed by atoms with Crippen molar-refractivity contribution in [2.45, 2.75) is 18.7 Å². The van der Waals surface area contributed by atoms with Gasteiger partial charge in [-0.15, -0.1) is 0 Å². The van der Waals surface area contributed by atoms with Crippen molar-refractivity contribution in [1.29, 1.82) is 0 Å². The molecule has 0 aliphatic carbocycles. The standard InChI is InChI=1S/C18H21N3O4S/c1-13-6-7-14(2)16(12-13)26(24,25)21-10-8-20(9-11-21)17-5-3-4-15(19-17)18(22)23/h3-7,12H,8-11H2,1-2H3,(H,22,23). The summed E-state index contributed by atoms with van der Waals surface area (Å²) in [4.78, 5) is 17.4. The van der Waals surface area contributed by atoms with Crippen LogP contribution in [0.15, 0.2) is 41.3 Å². The van der Waals surface area contributed by atoms with Gasteiger partial charge in [-0.05, 0) is 43.2 Å². The van der Waals surface area contributed by atoms with E-state index >= 15 is 0 Å². The van der Waals surface area contributed by atoms with Crippen LogP contribution in [0.2, 0.25) is 0 Å². The van der Waals surface area contributed by atoms with Gasteiger partial charge in [0, 0.05) is 26.2 Å². The third-order valence-corrected chi connectivity index (χ3v) is 6.52. The smallest absolute Gasteiger partial charge is 0.354 e. The topological polar surface area (TPSA) is 90.8 Å². The van der Waals surface area contributed by atoms with Crippen LogP contribution in [0.4, 0.5) is 5.82 Å². The van der Waals surface area contributed by atoms with Crippen LogP contribution >= 0.6 is 0 Å². The van der Waals surface area contributed by atoms with Crippen LogP contribution in [-0.4, -0.2) is 55.0 Å². The fourth-order valence-corrected chi connectivity index (χ4v) is 4.73. The number of hydrogen-bond donors (Lipinski definition) is 1. The molecule has 1 aromatic carbocycles. The van der Waals surface area contributed by atoms with E-state index in [1.54, 1.807) is 25.1 Å². The largest absolute Gasteiger partial charge is 0.477 e. The second-order valence-corrected chi connectivity index (χ2v) is 8.25. The summed E-state index contributed by atoms with van der Waals surface area (Å²) in [6.45, 7) is 5.24. The van der Waals surface area contributed by atoms with E-state index in [9.17, 15) is 13.2 Å². The van der Waals surface area contributed by atoms with Gasteiger partial charge in [0.2, 0.25) is 10.0 Å². The molecule has 1 aromatic heterocycles. The second kappa shape index (κ2) is 7.05. The summed E-state index contributed by atoms with van der Waals surface area (Å²) in [7, 11) is -3.55. The number of aromatic carboxylic acids is 1. The number of sulfonamides is 1. The quantitative estimate of drug-likeness (QED) is 0.878. The van der Waals surface area contributed by atoms with E-state index in [1.165, 1.54) is 10.4 Å². The number of aromatic nitrogens is 1. The fourth-order valence-electron chi connectivity index (χ4n) is 3.00. The molecule has 138 valence electrons. The van der Waals surface area contributed by atoms with Crippen molar-refractivity contribution >= 4 is 21.8 Å². The van der Waals surface area contributed by atoms with Gasteiger partial charge in [0.15, 0.2) is 5.69 Å². The molecule has 1 aliphatic heterocycles. The van der Waals surface area contributed by atoms with Gasteiger partial charge in [-0.1, -0.05) is 18.2 Å². The monoisotopic (exact) mass is 375 g/mol. The predicted molar refractivity (Wildman–Crippen MR) is 98.1 cm³/mol. The molecule has 0 amide bonds. The number of pyridine rings is 1. The van der Waals surface area contributed by atoms with E-state index in [-0.39, 0.29) is 5.69 Å². The maximum Gasteiger partial charge on any atom is 0.354 e. The van der Waals surface area contributed by atoms with Crippen LogP contribution in [-0.2, 0) is 10.0 Å². The van der Waals surface area contributed by atoms with Gasteiger partial charge >= 0.3 is 5.97 Å². The van der Waals surface area contributed by atoms with Crippen molar-refractivity contribution < 1.29 is 18.3 Å². The summed E-state index contributed by atoms with van der Waals surface area (Å²) in [6, 6.07) is 10.2. The highest BCUT2D eigenvalue weighted by atomic mass is 32.2. The van der Waals surface area contributed by atoms with Crippen LogP contribution in [0.25, 0.3) is 0 Å². The number of carboxylic acid groups (broad SMARTS) is 1. The Morgan fingerprint density at radius 1 is 1.08 bits per heavy atom. The Bertz CT molecular complexity index is 935. The van der Waals surface area contributed by atoms with Crippen molar-refractivity contribution in [1.82, 2.24) is 9.29 Å². The summed E-state index contributed by atoms with van der Waals surface area (Å²) in [6.07, 6.45) is 0. The number of aryl methyl sites for hydroxylation is 2. The van der Waals surface area contributed by atoms with E-state index < -0.39 is 16.0 Å². The van der Waals surface area contributed by atoms with Crippen molar-refractivity contribution in [3.8, 4) is 0 Å². The Morgan fingerprint density at radius 2 is 1.77 bits per heavy atom. The van der Waals surface area contributed by atoms with Gasteiger partial charge in [0.25, 0.3) is 0 Å². The number of carbonyl (C=O) groups is 1. The Kier molecular flexibility index (Phi) is 4.97. The summed E-state index contributed by atoms with van der Waals surface area (Å²) >= 11 is 0. The average Bonchev–Trinajstić information content (AvgIpc) is 2.64. The highest BCUT2D eigenvalue weighted by Crippen LogP contribution is 2.23. The molecule has 1 N–H and O–H groups in total. The van der Waals surface area contributed by atoms with Crippen LogP contribution < -0.4 is 4.90 Å². The fraction of sp³-hybridized carbons (Fsp3) is 0.333. The first kappa shape index (κ1) is 18.3. The van der Waals surface area contributed by atoms with E-state index in [4.69, 9.17) is 5.11 Å². The lowest BCUT2D eigenvalue weighted by Crippen LogP contribution is -2.49. The Balaban J connectivity index is 1.77. The highest BCUT2D eigenvalue weighted by molar-refractivity contribution is 7.89. The molecule has 2 aromatic rings. The molecule has 0 bridgehead atoms. The normalized spacial score (nSPS) is 15.8. The van der Waals surface area contributed by atoms with Crippen LogP contribution in [0, 0.1) is 13.8 Å². The number of benzene rings is 1. The van der Waals surface area contributed by atoms with Crippen molar-refractivity contribution in [3.63, 3.8) is 0 Å². The minimum Gasteiger partial charge on any atom is -0.477 e. The van der Waals surface area contributed by atoms with Gasteiger partial charge in [-0.25, -0.2) is 18.2 Å². The molecule has 8 heteroatoms. The number of nitrogens with zero attached hydrogens (tertiary/aromatic N) is 3. The van der Waals surface area contributed by atoms with Crippen LogP contribution in [0.5, 0.6) is 0 Å². The minimum atomic E-state index is -3.55. The molecule has 0 atom stereocenters. The minimum absolute atomic E-state index is 0.0204. The first-order valence-electron chi connectivity index (χ1n) is 8.32. The summed E-state index contributed by atoms with van der Waals surface area (Å²) in [5.41, 5.74) is 1.62. The molecule has 7 nitrogen and oxygen atoms in total. The third-order valence-electron chi connectivity index (χ3n) is 4.48. The number of carboxylic acids is 1. The van der Waals surface area contributed by atoms with Gasteiger partial charge < -0.3 is 10.0 Å². The molecule has 0 spiro atoms. The number of hydrogen-bond acceptors (Lipinski definition) is 5. The predicted octanol–water partition coefficient (Wildman–Crippen LogP) is 1.91. The van der Waals surface area contributed by atoms with Gasteiger partial charge in [0.05, 0.1) is 4.90 Å². The summed E-state index contributed by atoms with van der Waals surface area (Å²) in [5.74, 6) is -0.531. The lowest BCUT2D eigenvalue weighted by Gasteiger charge is -2.35. The van der Waals surface area contributed by atoms with Crippen LogP contribution in [0.1, 0.15) is 21.6 Å². The third kappa shape index (κ3) is 3.56. The lowest BCUT2D eigenvalue weighted by atomic mass is 10.2. The first-order valence-corrected chi connectivity index (χ1v) is 9.76. The first-order chi connectivity index (χ1) is 12.3. The molecule has 0 unspecified atom stereocenters. The molecule has 1 aliphatic rings. The van der Waals surface area contributed by atoms with E-state index in [0.29, 0.717) is 36.9 Å². The Morgan fingerprint density at radius 3 is 2.42 bits per heavy atom. The number of rotatable bonds is 4. The molecule has 0 radical (unpaired) electrons. The van der Waals surface area contributed by atoms with Crippen molar-refractivity contribution in [3.05, 3.63) is 53.2 Å². The molecule has 2 heterocycles. The van der Waals surface area contributed by atoms with Crippen LogP contribution in [0.3, 0.4) is 0 Å². The summed E-state index contributed by atoms with van der Waals surface area (Å²) in [5, 5.41) is 9.06. The zero-order valence-corrected chi connectivity index (χ0v) is 15.5. The molecule has 1 saturated heterocycles. The van der Waals surface area contributed by atoms with Gasteiger partial charge in [-0.2, -0.15) is 4.31 Å². The zero-order valence-electron chi connectivity index (χ0n) is 14.7. The Labute approximate surface area is 152 Å². The summed E-state index contributed by atoms with van der Waals surface area (Å²) < 4.78 is 27.4. The molecule has 26 heavy (non-hydrogen) atoms. The molecule has 0 saturated carbocycles. The molecular weight excluding hydrogens is 354 g/mol. The van der Waals surface area contributed by atoms with E-state index in [0.717, 1.165) is 11.1 Å². The second-order valence-electron chi connectivity index (χ2n) is 6.35. The average molecular weight is 375 g/mol. The lowest BCUT2D eigenvalue weighted by molar-refractivity contribution is 0.0690. The Hall–Kier alpha value is -2.45. The van der Waals surface area contributed by atoms with E-state index in [2.05, 4.69) is 4.98 Å². The molecule has 3 rings (SSSR count). The molecule has 1 fully saturated rings. The number of anilines is 1. The van der Waals surface area contributed by atoms with Crippen molar-refractivity contribution in [2.24, 2.45) is 0 Å². The maximum absolute atomic E-state index is 13.0. The van der Waals surface area contributed by atoms with E-state index in [1.807, 2.05) is 24.0 Å². The van der Waals surface area contributed by atoms with Gasteiger partial charge in [0.1, 0.15) is 5.82 Å². The maximum atomic E-state index is 13.0. The van der Waals surface area contributed by atoms with Gasteiger partial charge in [-0.3, -0.25) is 0 Å². The SMILES string of the molecule is Cc1ccc(C)c(S(=O)(=O)N2CCN(c3cccc(C(=O)O)n3)CC2)c1. The zero-order chi connectivity index (χ0) is 18.9. The van der Waals surface area contributed by atoms with Crippen molar-refractivity contribution in [2.75, 3.05) is 31.1 Å².